The van der Waals surface area contributed by atoms with E-state index in [0.29, 0.717) is 21.2 Å². The third-order valence-electron chi connectivity index (χ3n) is 3.37. The zero-order valence-electron chi connectivity index (χ0n) is 17.1. The van der Waals surface area contributed by atoms with Crippen LogP contribution in [-0.2, 0) is 46.3 Å². The number of hydrogen-bond donors (Lipinski definition) is 0. The molecule has 11 heteroatoms. The Bertz CT molecular complexity index is 892. The number of carbonyl (C=O) groups excluding carboxylic acids is 2. The minimum Gasteiger partial charge on any atom is -0.742 e. The molecule has 0 radical (unpaired) electrons. The standard InChI is InChI=1S/2C10H11ClN2OS.Pt/c2*1-13(2)10(15)12-9(14)7-5-3-4-6-8(7)11;/h2*3-6H,1-2H3,(H,12,14,15);/q;;+2/p-2. The molecule has 0 unspecified atom stereocenters. The molecule has 2 aromatic carbocycles. The van der Waals surface area contributed by atoms with Crippen molar-refractivity contribution in [2.75, 3.05) is 28.2 Å². The predicted molar refractivity (Wildman–Crippen MR) is 129 cm³/mol. The number of halogens is 2. The van der Waals surface area contributed by atoms with Crippen LogP contribution in [0.5, 0.6) is 0 Å². The van der Waals surface area contributed by atoms with Crippen LogP contribution in [0.15, 0.2) is 58.5 Å². The molecule has 2 aromatic rings. The Morgan fingerprint density at radius 3 is 1.26 bits per heavy atom. The third-order valence-corrected chi connectivity index (χ3v) is 4.94. The van der Waals surface area contributed by atoms with Crippen LogP contribution in [0.2, 0.25) is 10.0 Å². The molecule has 6 nitrogen and oxygen atoms in total. The zero-order chi connectivity index (χ0) is 22.8. The number of amides is 2. The Labute approximate surface area is 217 Å². The number of benzene rings is 2. The first-order valence-corrected chi connectivity index (χ1v) is 10.1. The number of rotatable bonds is 2. The van der Waals surface area contributed by atoms with E-state index in [-0.39, 0.29) is 31.4 Å². The van der Waals surface area contributed by atoms with E-state index >= 15 is 0 Å². The van der Waals surface area contributed by atoms with E-state index in [0.717, 1.165) is 0 Å². The molecule has 0 saturated carbocycles. The van der Waals surface area contributed by atoms with E-state index in [1.165, 1.54) is 0 Å². The first kappa shape index (κ1) is 29.4. The first-order chi connectivity index (χ1) is 14.0. The van der Waals surface area contributed by atoms with E-state index in [4.69, 9.17) is 48.5 Å². The van der Waals surface area contributed by atoms with Gasteiger partial charge < -0.3 is 35.1 Å². The summed E-state index contributed by atoms with van der Waals surface area (Å²) in [5, 5.41) is 1.24. The quantitative estimate of drug-likeness (QED) is 0.273. The van der Waals surface area contributed by atoms with Crippen LogP contribution in [0.3, 0.4) is 0 Å². The van der Waals surface area contributed by atoms with Crippen LogP contribution in [0, 0.1) is 0 Å². The van der Waals surface area contributed by atoms with Gasteiger partial charge in [-0.3, -0.25) is 9.59 Å². The van der Waals surface area contributed by atoms with Crippen molar-refractivity contribution in [2.24, 2.45) is 9.98 Å². The fourth-order valence-corrected chi connectivity index (χ4v) is 2.36. The molecule has 0 saturated heterocycles. The molecule has 0 bridgehead atoms. The molecule has 0 fully saturated rings. The summed E-state index contributed by atoms with van der Waals surface area (Å²) >= 11 is 21.5. The van der Waals surface area contributed by atoms with Gasteiger partial charge in [0.2, 0.25) is 0 Å². The average Bonchev–Trinajstić information content (AvgIpc) is 2.68. The van der Waals surface area contributed by atoms with Gasteiger partial charge in [-0.15, -0.1) is 0 Å². The van der Waals surface area contributed by atoms with Gasteiger partial charge in [0.15, 0.2) is 0 Å². The molecule has 168 valence electrons. The van der Waals surface area contributed by atoms with Gasteiger partial charge in [-0.05, 0) is 34.6 Å². The summed E-state index contributed by atoms with van der Waals surface area (Å²) < 4.78 is 0. The van der Waals surface area contributed by atoms with Gasteiger partial charge in [0.25, 0.3) is 11.8 Å². The molecule has 0 N–H and O–H groups in total. The second-order valence-corrected chi connectivity index (χ2v) is 7.69. The number of carbonyl (C=O) groups is 2. The third kappa shape index (κ3) is 10.1. The molecular formula is C20H20Cl2N4O2PtS2. The minimum absolute atomic E-state index is 0. The fraction of sp³-hybridized carbons (Fsp3) is 0.200. The van der Waals surface area contributed by atoms with Gasteiger partial charge in [0, 0.05) is 28.2 Å². The summed E-state index contributed by atoms with van der Waals surface area (Å²) in [6.07, 6.45) is 0. The molecule has 0 aliphatic carbocycles. The number of amidine groups is 2. The zero-order valence-corrected chi connectivity index (χ0v) is 22.5. The van der Waals surface area contributed by atoms with E-state index in [2.05, 4.69) is 9.98 Å². The number of nitrogens with zero attached hydrogens (tertiary/aromatic N) is 4. The van der Waals surface area contributed by atoms with E-state index in [9.17, 15) is 9.59 Å². The smallest absolute Gasteiger partial charge is 0.742 e. The predicted octanol–water partition coefficient (Wildman–Crippen LogP) is 3.89. The Morgan fingerprint density at radius 2 is 1.00 bits per heavy atom. The molecule has 0 spiro atoms. The number of aliphatic imine (C=N–C) groups is 2. The van der Waals surface area contributed by atoms with Gasteiger partial charge in [-0.2, -0.15) is 0 Å². The largest absolute Gasteiger partial charge is 2.00 e. The van der Waals surface area contributed by atoms with Crippen molar-refractivity contribution in [1.29, 1.82) is 0 Å². The van der Waals surface area contributed by atoms with E-state index < -0.39 is 11.8 Å². The van der Waals surface area contributed by atoms with Crippen molar-refractivity contribution in [3.8, 4) is 0 Å². The van der Waals surface area contributed by atoms with Crippen molar-refractivity contribution in [2.45, 2.75) is 0 Å². The molecule has 0 aliphatic rings. The van der Waals surface area contributed by atoms with E-state index in [1.54, 1.807) is 86.5 Å². The first-order valence-electron chi connectivity index (χ1n) is 8.48. The minimum atomic E-state index is -0.417. The van der Waals surface area contributed by atoms with Gasteiger partial charge >= 0.3 is 21.1 Å². The van der Waals surface area contributed by atoms with Crippen molar-refractivity contribution in [1.82, 2.24) is 9.80 Å². The molecule has 0 heterocycles. The maximum Gasteiger partial charge on any atom is 2.00 e. The van der Waals surface area contributed by atoms with Gasteiger partial charge in [0.05, 0.1) is 21.2 Å². The summed E-state index contributed by atoms with van der Waals surface area (Å²) in [5.41, 5.74) is 0.728. The fourth-order valence-electron chi connectivity index (χ4n) is 1.76. The van der Waals surface area contributed by atoms with Gasteiger partial charge in [-0.1, -0.05) is 47.5 Å². The van der Waals surface area contributed by atoms with Crippen molar-refractivity contribution >= 4 is 70.6 Å². The normalized spacial score (nSPS) is 10.9. The van der Waals surface area contributed by atoms with Gasteiger partial charge in [-0.25, -0.2) is 9.98 Å². The summed E-state index contributed by atoms with van der Waals surface area (Å²) in [6.45, 7) is 0. The Balaban J connectivity index is 0.000000562. The van der Waals surface area contributed by atoms with Crippen LogP contribution in [-0.4, -0.2) is 60.1 Å². The van der Waals surface area contributed by atoms with Crippen molar-refractivity contribution in [3.63, 3.8) is 0 Å². The molecule has 31 heavy (non-hydrogen) atoms. The van der Waals surface area contributed by atoms with Gasteiger partial charge in [0.1, 0.15) is 0 Å². The topological polar surface area (TPSA) is 65.3 Å². The second kappa shape index (κ2) is 14.5. The summed E-state index contributed by atoms with van der Waals surface area (Å²) in [4.78, 5) is 33.9. The summed E-state index contributed by atoms with van der Waals surface area (Å²) in [6, 6.07) is 13.5. The van der Waals surface area contributed by atoms with Crippen LogP contribution in [0.25, 0.3) is 0 Å². The molecule has 2 amide bonds. The van der Waals surface area contributed by atoms with E-state index in [1.807, 2.05) is 0 Å². The number of hydrogen-bond acceptors (Lipinski definition) is 4. The molecule has 0 aliphatic heterocycles. The van der Waals surface area contributed by atoms with Crippen molar-refractivity contribution in [3.05, 3.63) is 69.7 Å². The monoisotopic (exact) mass is 677 g/mol. The SMILES string of the molecule is CN(C)C([S-])=NC(=O)c1ccccc1Cl.CN(C)C([S-])=NC(=O)c1ccccc1Cl.[Pt+2]. The maximum absolute atomic E-state index is 11.6. The summed E-state index contributed by atoms with van der Waals surface area (Å²) in [5.74, 6) is -0.835. The van der Waals surface area contributed by atoms with Crippen LogP contribution >= 0.6 is 23.2 Å². The van der Waals surface area contributed by atoms with Crippen LogP contribution < -0.4 is 0 Å². The van der Waals surface area contributed by atoms with Crippen molar-refractivity contribution < 1.29 is 30.7 Å². The van der Waals surface area contributed by atoms with Crippen LogP contribution in [0.1, 0.15) is 20.7 Å². The summed E-state index contributed by atoms with van der Waals surface area (Å²) in [7, 11) is 6.91. The maximum atomic E-state index is 11.6. The molecule has 0 aromatic heterocycles. The van der Waals surface area contributed by atoms with Crippen LogP contribution in [0.4, 0.5) is 0 Å². The Kier molecular flexibility index (Phi) is 13.7. The molecule has 0 atom stereocenters. The Morgan fingerprint density at radius 1 is 0.710 bits per heavy atom. The second-order valence-electron chi connectivity index (χ2n) is 6.15. The molecule has 2 rings (SSSR count). The average molecular weight is 679 g/mol. The molecular weight excluding hydrogens is 658 g/mol. The Hall–Kier alpha value is -1.57.